The molecule has 2 aliphatic heterocycles. The lowest BCUT2D eigenvalue weighted by Crippen LogP contribution is -2.44. The molecule has 0 amide bonds. The van der Waals surface area contributed by atoms with Crippen LogP contribution < -0.4 is 13.9 Å². The van der Waals surface area contributed by atoms with Crippen molar-refractivity contribution in [3.05, 3.63) is 11.6 Å². The molecule has 23 heavy (non-hydrogen) atoms. The van der Waals surface area contributed by atoms with Crippen LogP contribution in [0.2, 0.25) is 18.1 Å². The summed E-state index contributed by atoms with van der Waals surface area (Å²) in [5, 5.41) is 10.5. The number of hydrogen-bond donors (Lipinski definition) is 1. The molecule has 0 unspecified atom stereocenters. The lowest BCUT2D eigenvalue weighted by Gasteiger charge is -2.37. The second-order valence-electron chi connectivity index (χ2n) is 7.78. The van der Waals surface area contributed by atoms with Crippen molar-refractivity contribution >= 4 is 8.32 Å². The van der Waals surface area contributed by atoms with Crippen molar-refractivity contribution in [1.29, 1.82) is 0 Å². The van der Waals surface area contributed by atoms with Crippen molar-refractivity contribution < 1.29 is 23.7 Å². The summed E-state index contributed by atoms with van der Waals surface area (Å²) in [4.78, 5) is 0. The summed E-state index contributed by atoms with van der Waals surface area (Å²) in [6.45, 7) is 11.7. The van der Waals surface area contributed by atoms with E-state index < -0.39 is 8.32 Å². The highest BCUT2D eigenvalue weighted by Gasteiger charge is 2.46. The summed E-state index contributed by atoms with van der Waals surface area (Å²) in [5.74, 6) is 1.73. The zero-order valence-corrected chi connectivity index (χ0v) is 15.7. The van der Waals surface area contributed by atoms with Crippen LogP contribution in [0.15, 0.2) is 6.07 Å². The molecule has 5 nitrogen and oxygen atoms in total. The third-order valence-electron chi connectivity index (χ3n) is 5.26. The smallest absolute Gasteiger partial charge is 0.250 e. The summed E-state index contributed by atoms with van der Waals surface area (Å²) >= 11 is 0. The molecule has 1 N–H and O–H groups in total. The Morgan fingerprint density at radius 3 is 2.57 bits per heavy atom. The second-order valence-corrected chi connectivity index (χ2v) is 12.5. The second kappa shape index (κ2) is 5.31. The van der Waals surface area contributed by atoms with Gasteiger partial charge in [0.1, 0.15) is 5.75 Å². The Morgan fingerprint density at radius 1 is 1.26 bits per heavy atom. The number of benzene rings is 1. The molecule has 1 aromatic carbocycles. The Hall–Kier alpha value is -1.40. The van der Waals surface area contributed by atoms with Gasteiger partial charge in [-0.1, -0.05) is 20.8 Å². The van der Waals surface area contributed by atoms with Crippen molar-refractivity contribution in [3.8, 4) is 23.0 Å². The Morgan fingerprint density at radius 2 is 1.96 bits per heavy atom. The van der Waals surface area contributed by atoms with Crippen molar-refractivity contribution in [2.45, 2.75) is 57.5 Å². The molecule has 128 valence electrons. The van der Waals surface area contributed by atoms with E-state index in [1.54, 1.807) is 6.07 Å². The Labute approximate surface area is 138 Å². The van der Waals surface area contributed by atoms with Gasteiger partial charge in [0.05, 0.1) is 19.6 Å². The minimum absolute atomic E-state index is 0.0306. The van der Waals surface area contributed by atoms with Gasteiger partial charge in [0.25, 0.3) is 0 Å². The van der Waals surface area contributed by atoms with Gasteiger partial charge < -0.3 is 23.7 Å². The number of methoxy groups -OCH3 is 1. The summed E-state index contributed by atoms with van der Waals surface area (Å²) in [6.07, 6.45) is 0.543. The molecule has 2 aliphatic rings. The SMILES string of the molecule is COc1cc(O[Si](C)(C)C(C)(C)C)c2c(c1O)O[C@H]1OCC[C@@H]21. The molecule has 1 fully saturated rings. The molecule has 0 aromatic heterocycles. The van der Waals surface area contributed by atoms with E-state index in [4.69, 9.17) is 18.6 Å². The summed E-state index contributed by atoms with van der Waals surface area (Å²) in [7, 11) is -0.488. The summed E-state index contributed by atoms with van der Waals surface area (Å²) in [6, 6.07) is 1.79. The van der Waals surface area contributed by atoms with E-state index in [2.05, 4.69) is 33.9 Å². The molecule has 0 aliphatic carbocycles. The van der Waals surface area contributed by atoms with Gasteiger partial charge >= 0.3 is 0 Å². The number of hydrogen-bond acceptors (Lipinski definition) is 5. The molecular formula is C17H26O5Si. The first-order valence-corrected chi connectivity index (χ1v) is 11.0. The molecule has 6 heteroatoms. The van der Waals surface area contributed by atoms with Gasteiger partial charge in [-0.15, -0.1) is 0 Å². The monoisotopic (exact) mass is 338 g/mol. The normalized spacial score (nSPS) is 23.2. The van der Waals surface area contributed by atoms with Crippen molar-refractivity contribution in [2.75, 3.05) is 13.7 Å². The molecule has 1 saturated heterocycles. The Kier molecular flexibility index (Phi) is 3.80. The quantitative estimate of drug-likeness (QED) is 0.844. The van der Waals surface area contributed by atoms with Gasteiger partial charge in [-0.3, -0.25) is 0 Å². The largest absolute Gasteiger partial charge is 0.543 e. The molecule has 2 atom stereocenters. The van der Waals surface area contributed by atoms with Crippen LogP contribution in [0, 0.1) is 0 Å². The molecular weight excluding hydrogens is 312 g/mol. The molecule has 0 spiro atoms. The minimum atomic E-state index is -2.02. The molecule has 0 radical (unpaired) electrons. The maximum atomic E-state index is 10.4. The van der Waals surface area contributed by atoms with Crippen LogP contribution >= 0.6 is 0 Å². The van der Waals surface area contributed by atoms with Crippen LogP contribution in [0.25, 0.3) is 0 Å². The van der Waals surface area contributed by atoms with E-state index in [9.17, 15) is 5.11 Å². The summed E-state index contributed by atoms with van der Waals surface area (Å²) in [5.41, 5.74) is 0.927. The first-order chi connectivity index (χ1) is 10.7. The third kappa shape index (κ3) is 2.57. The maximum Gasteiger partial charge on any atom is 0.250 e. The standard InChI is InChI=1S/C17H26O5Si/c1-17(2,3)23(5,6)22-11-9-12(19-4)14(18)15-13(11)10-7-8-20-16(10)21-15/h9-10,16,18H,7-8H2,1-6H3/t10-,16+/m0/s1. The highest BCUT2D eigenvalue weighted by molar-refractivity contribution is 6.74. The first-order valence-electron chi connectivity index (χ1n) is 8.07. The van der Waals surface area contributed by atoms with Gasteiger partial charge in [-0.2, -0.15) is 0 Å². The van der Waals surface area contributed by atoms with E-state index in [-0.39, 0.29) is 23.0 Å². The number of phenolic OH excluding ortho intramolecular Hbond substituents is 1. The predicted octanol–water partition coefficient (Wildman–Crippen LogP) is 4.01. The molecule has 2 heterocycles. The van der Waals surface area contributed by atoms with Gasteiger partial charge in [-0.25, -0.2) is 0 Å². The van der Waals surface area contributed by atoms with Gasteiger partial charge in [0.2, 0.25) is 20.4 Å². The topological polar surface area (TPSA) is 57.2 Å². The van der Waals surface area contributed by atoms with Crippen LogP contribution in [0.5, 0.6) is 23.0 Å². The van der Waals surface area contributed by atoms with Crippen LogP contribution in [0.4, 0.5) is 0 Å². The Balaban J connectivity index is 2.09. The van der Waals surface area contributed by atoms with Gasteiger partial charge in [0, 0.05) is 11.6 Å². The average molecular weight is 338 g/mol. The van der Waals surface area contributed by atoms with Crippen LogP contribution in [-0.4, -0.2) is 33.4 Å². The lowest BCUT2D eigenvalue weighted by atomic mass is 9.97. The number of fused-ring (bicyclic) bond motifs is 3. The van der Waals surface area contributed by atoms with E-state index in [1.807, 2.05) is 0 Å². The van der Waals surface area contributed by atoms with E-state index in [0.717, 1.165) is 17.7 Å². The fourth-order valence-electron chi connectivity index (χ4n) is 2.83. The highest BCUT2D eigenvalue weighted by Crippen LogP contribution is 2.56. The van der Waals surface area contributed by atoms with E-state index in [0.29, 0.717) is 18.1 Å². The van der Waals surface area contributed by atoms with E-state index in [1.165, 1.54) is 7.11 Å². The van der Waals surface area contributed by atoms with Crippen LogP contribution in [-0.2, 0) is 4.74 Å². The zero-order valence-electron chi connectivity index (χ0n) is 14.7. The maximum absolute atomic E-state index is 10.4. The predicted molar refractivity (Wildman–Crippen MR) is 90.2 cm³/mol. The third-order valence-corrected chi connectivity index (χ3v) is 9.60. The number of ether oxygens (including phenoxy) is 3. The number of phenols is 1. The average Bonchev–Trinajstić information content (AvgIpc) is 3.00. The molecule has 3 rings (SSSR count). The fraction of sp³-hybridized carbons (Fsp3) is 0.647. The molecule has 0 saturated carbocycles. The molecule has 1 aromatic rings. The van der Waals surface area contributed by atoms with E-state index >= 15 is 0 Å². The number of aromatic hydroxyl groups is 1. The highest BCUT2D eigenvalue weighted by atomic mass is 28.4. The van der Waals surface area contributed by atoms with Crippen molar-refractivity contribution in [3.63, 3.8) is 0 Å². The Bertz CT molecular complexity index is 620. The van der Waals surface area contributed by atoms with Crippen molar-refractivity contribution in [1.82, 2.24) is 0 Å². The lowest BCUT2D eigenvalue weighted by molar-refractivity contribution is -0.0348. The van der Waals surface area contributed by atoms with Crippen LogP contribution in [0.3, 0.4) is 0 Å². The summed E-state index contributed by atoms with van der Waals surface area (Å²) < 4.78 is 23.3. The van der Waals surface area contributed by atoms with Crippen LogP contribution in [0.1, 0.15) is 38.7 Å². The van der Waals surface area contributed by atoms with Gasteiger partial charge in [-0.05, 0) is 24.6 Å². The number of rotatable bonds is 3. The van der Waals surface area contributed by atoms with Gasteiger partial charge in [0.15, 0.2) is 11.5 Å². The molecule has 0 bridgehead atoms. The minimum Gasteiger partial charge on any atom is -0.543 e. The zero-order chi connectivity index (χ0) is 17.0. The first kappa shape index (κ1) is 16.5. The van der Waals surface area contributed by atoms with Crippen molar-refractivity contribution in [2.24, 2.45) is 0 Å². The fourth-order valence-corrected chi connectivity index (χ4v) is 3.86.